The molecule has 2 aliphatic rings. The van der Waals surface area contributed by atoms with Crippen LogP contribution in [-0.2, 0) is 6.54 Å². The molecule has 5 rings (SSSR count). The topological polar surface area (TPSA) is 55.2 Å². The maximum Gasteiger partial charge on any atom is 0.289 e. The van der Waals surface area contributed by atoms with Crippen LogP contribution in [0.1, 0.15) is 16.1 Å². The first-order valence-corrected chi connectivity index (χ1v) is 9.92. The highest BCUT2D eigenvalue weighted by atomic mass is 19.1. The highest BCUT2D eigenvalue weighted by Crippen LogP contribution is 2.33. The molecule has 0 bridgehead atoms. The first-order chi connectivity index (χ1) is 14.7. The van der Waals surface area contributed by atoms with Gasteiger partial charge in [0.25, 0.3) is 5.91 Å². The van der Waals surface area contributed by atoms with Gasteiger partial charge in [0.15, 0.2) is 17.3 Å². The molecular formula is C23H21FN2O4. The average molecular weight is 408 g/mol. The van der Waals surface area contributed by atoms with Crippen LogP contribution >= 0.6 is 0 Å². The summed E-state index contributed by atoms with van der Waals surface area (Å²) in [4.78, 5) is 16.9. The van der Waals surface area contributed by atoms with Crippen molar-refractivity contribution < 1.29 is 23.1 Å². The Morgan fingerprint density at radius 1 is 0.900 bits per heavy atom. The minimum atomic E-state index is -0.305. The second kappa shape index (κ2) is 7.84. The van der Waals surface area contributed by atoms with Gasteiger partial charge in [0, 0.05) is 38.3 Å². The number of piperazine rings is 1. The van der Waals surface area contributed by atoms with Crippen LogP contribution in [0.5, 0.6) is 11.5 Å². The number of ether oxygens (including phenoxy) is 2. The van der Waals surface area contributed by atoms with Crippen LogP contribution in [0.25, 0.3) is 11.3 Å². The molecule has 1 fully saturated rings. The van der Waals surface area contributed by atoms with Gasteiger partial charge in [-0.05, 0) is 54.1 Å². The highest BCUT2D eigenvalue weighted by Gasteiger charge is 2.25. The van der Waals surface area contributed by atoms with Gasteiger partial charge in [-0.1, -0.05) is 6.07 Å². The molecule has 0 N–H and O–H groups in total. The Morgan fingerprint density at radius 2 is 1.67 bits per heavy atom. The number of hydrogen-bond acceptors (Lipinski definition) is 5. The summed E-state index contributed by atoms with van der Waals surface area (Å²) in [6, 6.07) is 15.4. The number of halogens is 1. The van der Waals surface area contributed by atoms with E-state index in [1.165, 1.54) is 12.1 Å². The molecule has 0 radical (unpaired) electrons. The van der Waals surface area contributed by atoms with E-state index in [9.17, 15) is 9.18 Å². The van der Waals surface area contributed by atoms with Gasteiger partial charge in [-0.15, -0.1) is 0 Å². The maximum absolute atomic E-state index is 13.1. The van der Waals surface area contributed by atoms with E-state index < -0.39 is 0 Å². The Bertz CT molecular complexity index is 1060. The van der Waals surface area contributed by atoms with Crippen molar-refractivity contribution in [2.45, 2.75) is 6.54 Å². The number of benzene rings is 2. The molecular weight excluding hydrogens is 387 g/mol. The van der Waals surface area contributed by atoms with E-state index >= 15 is 0 Å². The fraction of sp³-hybridized carbons (Fsp3) is 0.261. The molecule has 0 spiro atoms. The largest absolute Gasteiger partial charge is 0.454 e. The van der Waals surface area contributed by atoms with Gasteiger partial charge in [0.2, 0.25) is 6.79 Å². The Kier molecular flexibility index (Phi) is 4.88. The number of amides is 1. The third-order valence-electron chi connectivity index (χ3n) is 5.45. The number of carbonyl (C=O) groups excluding carboxylic acids is 1. The van der Waals surface area contributed by atoms with Crippen LogP contribution in [0, 0.1) is 5.82 Å². The number of hydrogen-bond donors (Lipinski definition) is 0. The summed E-state index contributed by atoms with van der Waals surface area (Å²) in [5, 5.41) is 0. The lowest BCUT2D eigenvalue weighted by Gasteiger charge is -2.34. The van der Waals surface area contributed by atoms with Gasteiger partial charge >= 0.3 is 0 Å². The van der Waals surface area contributed by atoms with E-state index in [1.54, 1.807) is 24.3 Å². The van der Waals surface area contributed by atoms with Crippen molar-refractivity contribution >= 4 is 5.91 Å². The number of carbonyl (C=O) groups is 1. The predicted molar refractivity (Wildman–Crippen MR) is 108 cm³/mol. The molecule has 2 aromatic carbocycles. The van der Waals surface area contributed by atoms with Crippen molar-refractivity contribution in [2.75, 3.05) is 33.0 Å². The van der Waals surface area contributed by atoms with Crippen LogP contribution in [0.2, 0.25) is 0 Å². The molecule has 6 nitrogen and oxygen atoms in total. The molecule has 0 aliphatic carbocycles. The van der Waals surface area contributed by atoms with Gasteiger partial charge in [0.05, 0.1) is 0 Å². The first kappa shape index (κ1) is 18.7. The molecule has 154 valence electrons. The van der Waals surface area contributed by atoms with Crippen molar-refractivity contribution in [1.82, 2.24) is 9.80 Å². The number of rotatable bonds is 4. The quantitative estimate of drug-likeness (QED) is 0.658. The van der Waals surface area contributed by atoms with Crippen LogP contribution in [0.15, 0.2) is 59.0 Å². The molecule has 1 amide bonds. The van der Waals surface area contributed by atoms with Gasteiger partial charge in [-0.3, -0.25) is 9.69 Å². The highest BCUT2D eigenvalue weighted by molar-refractivity contribution is 5.92. The molecule has 0 saturated carbocycles. The van der Waals surface area contributed by atoms with Crippen LogP contribution in [-0.4, -0.2) is 48.7 Å². The SMILES string of the molecule is O=C(c1ccc(-c2ccc(F)cc2)o1)N1CCN(Cc2ccc3c(c2)OCO3)CC1. The predicted octanol–water partition coefficient (Wildman–Crippen LogP) is 3.77. The van der Waals surface area contributed by atoms with Crippen molar-refractivity contribution in [3.05, 3.63) is 71.7 Å². The van der Waals surface area contributed by atoms with E-state index in [0.29, 0.717) is 24.6 Å². The minimum Gasteiger partial charge on any atom is -0.454 e. The van der Waals surface area contributed by atoms with Gasteiger partial charge in [-0.25, -0.2) is 4.39 Å². The lowest BCUT2D eigenvalue weighted by Crippen LogP contribution is -2.48. The molecule has 1 aromatic heterocycles. The summed E-state index contributed by atoms with van der Waals surface area (Å²) in [7, 11) is 0. The van der Waals surface area contributed by atoms with Crippen LogP contribution in [0.4, 0.5) is 4.39 Å². The average Bonchev–Trinajstić information content (AvgIpc) is 3.44. The van der Waals surface area contributed by atoms with E-state index in [-0.39, 0.29) is 18.5 Å². The van der Waals surface area contributed by atoms with Gasteiger partial charge in [-0.2, -0.15) is 0 Å². The maximum atomic E-state index is 13.1. The molecule has 2 aliphatic heterocycles. The van der Waals surface area contributed by atoms with E-state index in [1.807, 2.05) is 23.1 Å². The Morgan fingerprint density at radius 3 is 2.47 bits per heavy atom. The second-order valence-electron chi connectivity index (χ2n) is 7.43. The number of nitrogens with zero attached hydrogens (tertiary/aromatic N) is 2. The minimum absolute atomic E-state index is 0.119. The van der Waals surface area contributed by atoms with Gasteiger partial charge < -0.3 is 18.8 Å². The normalized spacial score (nSPS) is 16.1. The Labute approximate surface area is 173 Å². The lowest BCUT2D eigenvalue weighted by molar-refractivity contribution is 0.0598. The smallest absolute Gasteiger partial charge is 0.289 e. The summed E-state index contributed by atoms with van der Waals surface area (Å²) in [6.45, 7) is 3.91. The summed E-state index contributed by atoms with van der Waals surface area (Å²) in [6.07, 6.45) is 0. The zero-order valence-corrected chi connectivity index (χ0v) is 16.3. The second-order valence-corrected chi connectivity index (χ2v) is 7.43. The zero-order chi connectivity index (χ0) is 20.5. The standard InChI is InChI=1S/C23H21FN2O4/c24-18-4-2-17(3-5-18)19-7-8-21(30-19)23(27)26-11-9-25(10-12-26)14-16-1-6-20-22(13-16)29-15-28-20/h1-8,13H,9-12,14-15H2. The van der Waals surface area contributed by atoms with Crippen molar-refractivity contribution in [3.63, 3.8) is 0 Å². The molecule has 3 heterocycles. The molecule has 0 atom stereocenters. The Balaban J connectivity index is 1.18. The fourth-order valence-corrected chi connectivity index (χ4v) is 3.78. The van der Waals surface area contributed by atoms with E-state index in [2.05, 4.69) is 4.90 Å². The number of furan rings is 1. The van der Waals surface area contributed by atoms with Crippen molar-refractivity contribution in [3.8, 4) is 22.8 Å². The monoisotopic (exact) mass is 408 g/mol. The Hall–Kier alpha value is -3.32. The summed E-state index contributed by atoms with van der Waals surface area (Å²) in [5.41, 5.74) is 1.90. The molecule has 0 unspecified atom stereocenters. The summed E-state index contributed by atoms with van der Waals surface area (Å²) >= 11 is 0. The molecule has 3 aromatic rings. The van der Waals surface area contributed by atoms with E-state index in [4.69, 9.17) is 13.9 Å². The molecule has 7 heteroatoms. The van der Waals surface area contributed by atoms with Crippen molar-refractivity contribution in [1.29, 1.82) is 0 Å². The molecule has 1 saturated heterocycles. The third kappa shape index (κ3) is 3.76. The first-order valence-electron chi connectivity index (χ1n) is 9.92. The molecule has 30 heavy (non-hydrogen) atoms. The lowest BCUT2D eigenvalue weighted by atomic mass is 10.1. The fourth-order valence-electron chi connectivity index (χ4n) is 3.78. The van der Waals surface area contributed by atoms with E-state index in [0.717, 1.165) is 42.3 Å². The summed E-state index contributed by atoms with van der Waals surface area (Å²) in [5.74, 6) is 2.01. The van der Waals surface area contributed by atoms with Gasteiger partial charge in [0.1, 0.15) is 11.6 Å². The summed E-state index contributed by atoms with van der Waals surface area (Å²) < 4.78 is 29.6. The van der Waals surface area contributed by atoms with Crippen LogP contribution < -0.4 is 9.47 Å². The van der Waals surface area contributed by atoms with Crippen molar-refractivity contribution in [2.24, 2.45) is 0 Å². The zero-order valence-electron chi connectivity index (χ0n) is 16.3. The third-order valence-corrected chi connectivity index (χ3v) is 5.45. The van der Waals surface area contributed by atoms with Crippen LogP contribution in [0.3, 0.4) is 0 Å². The number of fused-ring (bicyclic) bond motifs is 1.